The summed E-state index contributed by atoms with van der Waals surface area (Å²) in [5.74, 6) is 0. The Kier molecular flexibility index (Phi) is 0.831. The fourth-order valence-electron chi connectivity index (χ4n) is 0.322. The molecule has 1 aliphatic heterocycles. The van der Waals surface area contributed by atoms with Gasteiger partial charge in [-0.1, -0.05) is 0 Å². The van der Waals surface area contributed by atoms with Crippen molar-refractivity contribution in [2.45, 2.75) is 0 Å². The van der Waals surface area contributed by atoms with Gasteiger partial charge in [0.25, 0.3) is 0 Å². The predicted molar refractivity (Wildman–Crippen MR) is 29.1 cm³/mol. The standard InChI is InChI=1S/C3H5NO2S/c5-7(6)3-1-2-4-7/h1-3H,(H2,4,5,6). The Morgan fingerprint density at radius 1 is 1.71 bits per heavy atom. The molecular weight excluding hydrogens is 114 g/mol. The van der Waals surface area contributed by atoms with Crippen LogP contribution < -0.4 is 4.72 Å². The fraction of sp³-hybridized carbons (Fsp3) is 0. The van der Waals surface area contributed by atoms with Crippen LogP contribution in [0.15, 0.2) is 12.3 Å². The van der Waals surface area contributed by atoms with E-state index in [1.807, 2.05) is 0 Å². The highest BCUT2D eigenvalue weighted by atomic mass is 32.2. The van der Waals surface area contributed by atoms with Gasteiger partial charge in [0.05, 0.1) is 0 Å². The van der Waals surface area contributed by atoms with Gasteiger partial charge < -0.3 is 0 Å². The van der Waals surface area contributed by atoms with Gasteiger partial charge in [-0.25, -0.2) is 4.21 Å². The molecule has 1 rings (SSSR count). The van der Waals surface area contributed by atoms with E-state index in [-0.39, 0.29) is 0 Å². The van der Waals surface area contributed by atoms with E-state index in [4.69, 9.17) is 4.55 Å². The Morgan fingerprint density at radius 3 is 2.57 bits per heavy atom. The van der Waals surface area contributed by atoms with Crippen molar-refractivity contribution in [3.8, 4) is 0 Å². The van der Waals surface area contributed by atoms with Crippen LogP contribution in [0.4, 0.5) is 0 Å². The number of hydrogen-bond acceptors (Lipinski definition) is 1. The second-order valence-corrected chi connectivity index (χ2v) is 2.83. The van der Waals surface area contributed by atoms with Crippen molar-refractivity contribution in [2.24, 2.45) is 0 Å². The predicted octanol–water partition coefficient (Wildman–Crippen LogP) is -0.422. The van der Waals surface area contributed by atoms with Crippen LogP contribution in [-0.4, -0.2) is 14.1 Å². The molecule has 40 valence electrons. The Hall–Kier alpha value is -0.480. The highest BCUT2D eigenvalue weighted by Gasteiger charge is 1.96. The zero-order valence-electron chi connectivity index (χ0n) is 3.50. The van der Waals surface area contributed by atoms with E-state index >= 15 is 0 Å². The lowest BCUT2D eigenvalue weighted by molar-refractivity contribution is 0.554. The van der Waals surface area contributed by atoms with E-state index in [0.717, 1.165) is 0 Å². The molecule has 0 saturated heterocycles. The van der Waals surface area contributed by atoms with Crippen molar-refractivity contribution >= 4 is 15.4 Å². The summed E-state index contributed by atoms with van der Waals surface area (Å²) < 4.78 is 21.0. The minimum absolute atomic E-state index is 1.22. The minimum atomic E-state index is -2.78. The van der Waals surface area contributed by atoms with Crippen molar-refractivity contribution in [1.29, 1.82) is 0 Å². The van der Waals surface area contributed by atoms with Gasteiger partial charge in [-0.05, 0) is 6.08 Å². The monoisotopic (exact) mass is 119 g/mol. The highest BCUT2D eigenvalue weighted by Crippen LogP contribution is 1.83. The van der Waals surface area contributed by atoms with E-state index in [2.05, 4.69) is 4.72 Å². The Balaban J connectivity index is 3.02. The third-order valence-corrected chi connectivity index (χ3v) is 1.60. The van der Waals surface area contributed by atoms with Gasteiger partial charge in [0.15, 0.2) is 9.99 Å². The van der Waals surface area contributed by atoms with Gasteiger partial charge in [0.1, 0.15) is 0 Å². The third-order valence-electron chi connectivity index (χ3n) is 0.596. The summed E-state index contributed by atoms with van der Waals surface area (Å²) >= 11 is 0. The zero-order valence-corrected chi connectivity index (χ0v) is 4.31. The summed E-state index contributed by atoms with van der Waals surface area (Å²) in [5.41, 5.74) is 0. The zero-order chi connectivity index (χ0) is 5.33. The molecule has 7 heavy (non-hydrogen) atoms. The van der Waals surface area contributed by atoms with E-state index in [1.165, 1.54) is 17.6 Å². The molecule has 3 nitrogen and oxygen atoms in total. The van der Waals surface area contributed by atoms with Crippen molar-refractivity contribution in [3.63, 3.8) is 0 Å². The van der Waals surface area contributed by atoms with Crippen molar-refractivity contribution < 1.29 is 8.76 Å². The Morgan fingerprint density at radius 2 is 2.43 bits per heavy atom. The first-order valence-corrected chi connectivity index (χ1v) is 3.32. The number of allylic oxidation sites excluding steroid dienone is 1. The van der Waals surface area contributed by atoms with Gasteiger partial charge in [-0.2, -0.15) is 0 Å². The molecule has 0 bridgehead atoms. The molecule has 1 aliphatic rings. The molecular formula is C3H5NO2S. The quantitative estimate of drug-likeness (QED) is 0.425. The molecule has 0 aromatic carbocycles. The highest BCUT2D eigenvalue weighted by molar-refractivity contribution is 7.94. The molecule has 0 fully saturated rings. The van der Waals surface area contributed by atoms with Crippen LogP contribution in [0.3, 0.4) is 0 Å². The molecule has 0 amide bonds. The third kappa shape index (κ3) is 0.942. The van der Waals surface area contributed by atoms with Crippen LogP contribution in [-0.2, 0) is 9.99 Å². The smallest absolute Gasteiger partial charge is 0.166 e. The first-order chi connectivity index (χ1) is 3.21. The molecule has 0 spiro atoms. The molecule has 4 heteroatoms. The lowest BCUT2D eigenvalue weighted by Gasteiger charge is -1.91. The maximum Gasteiger partial charge on any atom is 0.166 e. The topological polar surface area (TPSA) is 49.3 Å². The largest absolute Gasteiger partial charge is 0.299 e. The van der Waals surface area contributed by atoms with Crippen LogP contribution in [0.2, 0.25) is 0 Å². The summed E-state index contributed by atoms with van der Waals surface area (Å²) in [6.07, 6.45) is 2.94. The SMILES string of the molecule is O=S1(O)=CC=CN1. The van der Waals surface area contributed by atoms with Crippen LogP contribution in [0.5, 0.6) is 0 Å². The molecule has 0 radical (unpaired) electrons. The second-order valence-electron chi connectivity index (χ2n) is 1.18. The molecule has 1 unspecified atom stereocenters. The van der Waals surface area contributed by atoms with E-state index in [1.54, 1.807) is 0 Å². The average molecular weight is 119 g/mol. The lowest BCUT2D eigenvalue weighted by atomic mass is 10.7. The average Bonchev–Trinajstić information content (AvgIpc) is 1.84. The van der Waals surface area contributed by atoms with Crippen molar-refractivity contribution in [1.82, 2.24) is 4.72 Å². The maximum absolute atomic E-state index is 10.3. The van der Waals surface area contributed by atoms with E-state index in [9.17, 15) is 4.21 Å². The lowest BCUT2D eigenvalue weighted by Crippen LogP contribution is -2.12. The van der Waals surface area contributed by atoms with Gasteiger partial charge in [-0.3, -0.25) is 9.27 Å². The molecule has 0 aromatic heterocycles. The van der Waals surface area contributed by atoms with Crippen LogP contribution >= 0.6 is 0 Å². The molecule has 2 N–H and O–H groups in total. The van der Waals surface area contributed by atoms with Gasteiger partial charge >= 0.3 is 0 Å². The number of rotatable bonds is 0. The van der Waals surface area contributed by atoms with Crippen LogP contribution in [0.1, 0.15) is 0 Å². The first kappa shape index (κ1) is 4.67. The van der Waals surface area contributed by atoms with Gasteiger partial charge in [0.2, 0.25) is 0 Å². The van der Waals surface area contributed by atoms with Crippen LogP contribution in [0, 0.1) is 0 Å². The summed E-state index contributed by atoms with van der Waals surface area (Å²) in [4.78, 5) is 0. The second kappa shape index (κ2) is 1.24. The Labute approximate surface area is 42.0 Å². The molecule has 1 heterocycles. The molecule has 0 saturated carbocycles. The van der Waals surface area contributed by atoms with Gasteiger partial charge in [-0.15, -0.1) is 0 Å². The Bertz CT molecular complexity index is 199. The van der Waals surface area contributed by atoms with Crippen LogP contribution in [0.25, 0.3) is 0 Å². The van der Waals surface area contributed by atoms with E-state index in [0.29, 0.717) is 0 Å². The summed E-state index contributed by atoms with van der Waals surface area (Å²) in [6, 6.07) is 0. The van der Waals surface area contributed by atoms with Crippen molar-refractivity contribution in [2.75, 3.05) is 0 Å². The number of nitrogens with one attached hydrogen (secondary N) is 1. The summed E-state index contributed by atoms with van der Waals surface area (Å²) in [5, 5.41) is 1.22. The minimum Gasteiger partial charge on any atom is -0.299 e. The van der Waals surface area contributed by atoms with E-state index < -0.39 is 9.99 Å². The maximum atomic E-state index is 10.3. The molecule has 0 aliphatic carbocycles. The first-order valence-electron chi connectivity index (χ1n) is 1.74. The number of hydrogen-bond donors (Lipinski definition) is 2. The summed E-state index contributed by atoms with van der Waals surface area (Å²) in [6.45, 7) is 0. The molecule has 0 aromatic rings. The molecule has 1 atom stereocenters. The normalized spacial score (nSPS) is 37.3. The van der Waals surface area contributed by atoms with Crippen molar-refractivity contribution in [3.05, 3.63) is 12.3 Å². The fourth-order valence-corrected chi connectivity index (χ4v) is 0.966. The summed E-state index contributed by atoms with van der Waals surface area (Å²) in [7, 11) is -2.78. The van der Waals surface area contributed by atoms with Gasteiger partial charge in [0, 0.05) is 11.6 Å².